The first-order chi connectivity index (χ1) is 8.33. The number of rotatable bonds is 6. The Morgan fingerprint density at radius 1 is 1.53 bits per heavy atom. The van der Waals surface area contributed by atoms with Gasteiger partial charge >= 0.3 is 0 Å². The average molecular weight is 296 g/mol. The lowest BCUT2D eigenvalue weighted by molar-refractivity contribution is 0.243. The van der Waals surface area contributed by atoms with E-state index in [2.05, 4.69) is 46.0 Å². The van der Waals surface area contributed by atoms with E-state index in [0.717, 1.165) is 26.0 Å². The van der Waals surface area contributed by atoms with Gasteiger partial charge in [-0.3, -0.25) is 0 Å². The lowest BCUT2D eigenvalue weighted by atomic mass is 10.1. The van der Waals surface area contributed by atoms with Gasteiger partial charge in [0.05, 0.1) is 12.9 Å². The second kappa shape index (κ2) is 6.22. The Hall–Kier alpha value is -0.800. The molecular weight excluding hydrogens is 278 g/mol. The monoisotopic (exact) mass is 295 g/mol. The van der Waals surface area contributed by atoms with Crippen molar-refractivity contribution >= 4 is 15.9 Å². The molecule has 17 heavy (non-hydrogen) atoms. The third-order valence-electron chi connectivity index (χ3n) is 3.16. The highest BCUT2D eigenvalue weighted by Gasteiger charge is 2.22. The van der Waals surface area contributed by atoms with Gasteiger partial charge in [0.2, 0.25) is 0 Å². The molecule has 1 aliphatic carbocycles. The number of halogens is 1. The van der Waals surface area contributed by atoms with E-state index >= 15 is 0 Å². The van der Waals surface area contributed by atoms with Gasteiger partial charge in [-0.25, -0.2) is 0 Å². The topological polar surface area (TPSA) is 21.3 Å². The van der Waals surface area contributed by atoms with Gasteiger partial charge in [0.1, 0.15) is 0 Å². The fraction of sp³-hybridized carbons (Fsp3) is 0.429. The minimum Gasteiger partial charge on any atom is -0.502 e. The second-order valence-corrected chi connectivity index (χ2v) is 5.10. The molecule has 0 amide bonds. The van der Waals surface area contributed by atoms with Crippen LogP contribution in [0.2, 0.25) is 0 Å². The molecule has 2 rings (SSSR count). The van der Waals surface area contributed by atoms with Crippen molar-refractivity contribution < 1.29 is 4.74 Å². The Labute approximate surface area is 111 Å². The largest absolute Gasteiger partial charge is 0.502 e. The Bertz CT molecular complexity index is 392. The van der Waals surface area contributed by atoms with E-state index in [1.807, 2.05) is 0 Å². The van der Waals surface area contributed by atoms with Gasteiger partial charge in [-0.15, -0.1) is 0 Å². The lowest BCUT2D eigenvalue weighted by Gasteiger charge is -2.14. The van der Waals surface area contributed by atoms with Crippen LogP contribution in [0.1, 0.15) is 30.0 Å². The molecule has 92 valence electrons. The van der Waals surface area contributed by atoms with Crippen LogP contribution in [-0.2, 0) is 11.2 Å². The molecule has 1 aliphatic rings. The summed E-state index contributed by atoms with van der Waals surface area (Å²) >= 11 is 3.62. The van der Waals surface area contributed by atoms with E-state index in [-0.39, 0.29) is 0 Å². The number of hydrogen-bond donors (Lipinski definition) is 1. The van der Waals surface area contributed by atoms with Crippen LogP contribution in [-0.4, -0.2) is 13.2 Å². The molecule has 1 N–H and O–H groups in total. The van der Waals surface area contributed by atoms with Crippen LogP contribution < -0.4 is 5.32 Å². The molecule has 0 aliphatic heterocycles. The van der Waals surface area contributed by atoms with Gasteiger partial charge in [0.15, 0.2) is 0 Å². The Morgan fingerprint density at radius 2 is 2.41 bits per heavy atom. The summed E-state index contributed by atoms with van der Waals surface area (Å²) in [6.45, 7) is 5.26. The van der Waals surface area contributed by atoms with Crippen molar-refractivity contribution in [1.29, 1.82) is 0 Å². The van der Waals surface area contributed by atoms with Gasteiger partial charge in [-0.1, -0.05) is 34.6 Å². The molecule has 1 aromatic carbocycles. The van der Waals surface area contributed by atoms with E-state index in [1.165, 1.54) is 28.3 Å². The number of benzene rings is 1. The molecule has 0 radical (unpaired) electrons. The summed E-state index contributed by atoms with van der Waals surface area (Å²) in [5.74, 6) is 0. The molecule has 2 nitrogen and oxygen atoms in total. The second-order valence-electron chi connectivity index (χ2n) is 4.24. The highest BCUT2D eigenvalue weighted by molar-refractivity contribution is 9.10. The number of hydrogen-bond acceptors (Lipinski definition) is 2. The summed E-state index contributed by atoms with van der Waals surface area (Å²) in [6, 6.07) is 6.97. The maximum Gasteiger partial charge on any atom is 0.0885 e. The molecule has 1 aromatic rings. The molecule has 0 spiro atoms. The van der Waals surface area contributed by atoms with Crippen molar-refractivity contribution in [2.75, 3.05) is 13.2 Å². The predicted octanol–water partition coefficient (Wildman–Crippen LogP) is 3.58. The minimum absolute atomic E-state index is 0.506. The Morgan fingerprint density at radius 3 is 3.24 bits per heavy atom. The molecule has 0 saturated heterocycles. The molecule has 0 aromatic heterocycles. The fourth-order valence-electron chi connectivity index (χ4n) is 2.34. The SMILES string of the molecule is C=COCCCNC1CCc2c(Br)cccc21. The highest BCUT2D eigenvalue weighted by atomic mass is 79.9. The fourth-order valence-corrected chi connectivity index (χ4v) is 2.92. The zero-order valence-electron chi connectivity index (χ0n) is 9.92. The third-order valence-corrected chi connectivity index (χ3v) is 3.90. The summed E-state index contributed by atoms with van der Waals surface area (Å²) in [7, 11) is 0. The predicted molar refractivity (Wildman–Crippen MR) is 74.0 cm³/mol. The van der Waals surface area contributed by atoms with E-state index in [0.29, 0.717) is 6.04 Å². The third kappa shape index (κ3) is 3.11. The summed E-state index contributed by atoms with van der Waals surface area (Å²) in [5.41, 5.74) is 2.91. The van der Waals surface area contributed by atoms with Gasteiger partial charge in [0, 0.05) is 10.5 Å². The van der Waals surface area contributed by atoms with Crippen LogP contribution in [0, 0.1) is 0 Å². The van der Waals surface area contributed by atoms with Crippen molar-refractivity contribution in [2.24, 2.45) is 0 Å². The van der Waals surface area contributed by atoms with E-state index in [1.54, 1.807) is 0 Å². The zero-order valence-corrected chi connectivity index (χ0v) is 11.5. The molecule has 1 atom stereocenters. The first-order valence-corrected chi connectivity index (χ1v) is 6.85. The van der Waals surface area contributed by atoms with Crippen LogP contribution in [0.3, 0.4) is 0 Å². The van der Waals surface area contributed by atoms with Gasteiger partial charge in [0.25, 0.3) is 0 Å². The molecule has 0 fully saturated rings. The van der Waals surface area contributed by atoms with Crippen molar-refractivity contribution in [3.63, 3.8) is 0 Å². The first kappa shape index (κ1) is 12.7. The summed E-state index contributed by atoms with van der Waals surface area (Å²) < 4.78 is 6.35. The van der Waals surface area contributed by atoms with E-state index in [4.69, 9.17) is 4.74 Å². The number of nitrogens with one attached hydrogen (secondary N) is 1. The molecule has 1 unspecified atom stereocenters. The van der Waals surface area contributed by atoms with Crippen LogP contribution in [0.4, 0.5) is 0 Å². The molecule has 0 heterocycles. The average Bonchev–Trinajstić information content (AvgIpc) is 2.74. The number of fused-ring (bicyclic) bond motifs is 1. The quantitative estimate of drug-likeness (QED) is 0.640. The zero-order chi connectivity index (χ0) is 12.1. The van der Waals surface area contributed by atoms with Gasteiger partial charge in [-0.2, -0.15) is 0 Å². The first-order valence-electron chi connectivity index (χ1n) is 6.06. The van der Waals surface area contributed by atoms with E-state index < -0.39 is 0 Å². The van der Waals surface area contributed by atoms with Crippen LogP contribution in [0.15, 0.2) is 35.5 Å². The molecule has 0 saturated carbocycles. The van der Waals surface area contributed by atoms with Crippen molar-refractivity contribution in [3.8, 4) is 0 Å². The summed E-state index contributed by atoms with van der Waals surface area (Å²) in [4.78, 5) is 0. The highest BCUT2D eigenvalue weighted by Crippen LogP contribution is 2.35. The maximum atomic E-state index is 5.10. The standard InChI is InChI=1S/C14H18BrNO/c1-2-17-10-4-9-16-14-8-7-11-12(14)5-3-6-13(11)15/h2-3,5-6,14,16H,1,4,7-10H2. The van der Waals surface area contributed by atoms with Crippen LogP contribution in [0.5, 0.6) is 0 Å². The number of ether oxygens (including phenoxy) is 1. The Kier molecular flexibility index (Phi) is 4.63. The summed E-state index contributed by atoms with van der Waals surface area (Å²) in [6.07, 6.45) is 4.88. The van der Waals surface area contributed by atoms with Crippen molar-refractivity contribution in [3.05, 3.63) is 46.6 Å². The summed E-state index contributed by atoms with van der Waals surface area (Å²) in [5, 5.41) is 3.59. The Balaban J connectivity index is 1.85. The van der Waals surface area contributed by atoms with Crippen molar-refractivity contribution in [2.45, 2.75) is 25.3 Å². The minimum atomic E-state index is 0.506. The smallest absolute Gasteiger partial charge is 0.0885 e. The lowest BCUT2D eigenvalue weighted by Crippen LogP contribution is -2.21. The normalized spacial score (nSPS) is 17.8. The van der Waals surface area contributed by atoms with Gasteiger partial charge < -0.3 is 10.1 Å². The van der Waals surface area contributed by atoms with Crippen LogP contribution in [0.25, 0.3) is 0 Å². The van der Waals surface area contributed by atoms with Crippen LogP contribution >= 0.6 is 15.9 Å². The van der Waals surface area contributed by atoms with E-state index in [9.17, 15) is 0 Å². The maximum absolute atomic E-state index is 5.10. The molecule has 0 bridgehead atoms. The molecule has 3 heteroatoms. The molecular formula is C14H18BrNO. The van der Waals surface area contributed by atoms with Crippen molar-refractivity contribution in [1.82, 2.24) is 5.32 Å². The van der Waals surface area contributed by atoms with Gasteiger partial charge in [-0.05, 0) is 43.0 Å².